The summed E-state index contributed by atoms with van der Waals surface area (Å²) in [7, 11) is 1.40. The fourth-order valence-corrected chi connectivity index (χ4v) is 6.43. The fourth-order valence-electron chi connectivity index (χ4n) is 5.44. The van der Waals surface area contributed by atoms with Crippen molar-refractivity contribution < 1.29 is 14.3 Å². The van der Waals surface area contributed by atoms with E-state index < -0.39 is 5.41 Å². The van der Waals surface area contributed by atoms with Gasteiger partial charge in [-0.3, -0.25) is 9.59 Å². The monoisotopic (exact) mass is 538 g/mol. The number of carbonyl (C=O) groups is 2. The van der Waals surface area contributed by atoms with Gasteiger partial charge >= 0.3 is 5.97 Å². The van der Waals surface area contributed by atoms with E-state index in [2.05, 4.69) is 51.2 Å². The smallest absolute Gasteiger partial charge is 0.311 e. The molecule has 1 N–H and O–H groups in total. The Labute approximate surface area is 233 Å². The first-order chi connectivity index (χ1) is 17.8. The standard InChI is InChI=1S/C32H46N2O3S/c1-30(2,3)23-18-22(19-24(20-23)32(6)13-14-32)26-25(17-21-11-9-8-10-12-21)34-28(38-26)27(35)33-16-15-31(4,5)29(36)37-7/h18-21H,8-17H2,1-7H3,(H,33,35). The van der Waals surface area contributed by atoms with Gasteiger partial charge in [0.1, 0.15) is 0 Å². The van der Waals surface area contributed by atoms with Crippen LogP contribution in [0.3, 0.4) is 0 Å². The van der Waals surface area contributed by atoms with Crippen molar-refractivity contribution in [2.45, 2.75) is 110 Å². The number of rotatable bonds is 9. The van der Waals surface area contributed by atoms with Crippen LogP contribution in [0.4, 0.5) is 0 Å². The van der Waals surface area contributed by atoms with Gasteiger partial charge in [0, 0.05) is 6.54 Å². The molecule has 0 atom stereocenters. The Morgan fingerprint density at radius 1 is 1.08 bits per heavy atom. The summed E-state index contributed by atoms with van der Waals surface area (Å²) in [5.41, 5.74) is 4.67. The maximum Gasteiger partial charge on any atom is 0.311 e. The number of amides is 1. The summed E-state index contributed by atoms with van der Waals surface area (Å²) in [6.07, 6.45) is 10.3. The van der Waals surface area contributed by atoms with Crippen molar-refractivity contribution in [3.05, 3.63) is 40.0 Å². The molecular formula is C32H46N2O3S. The lowest BCUT2D eigenvalue weighted by Gasteiger charge is -2.24. The van der Waals surface area contributed by atoms with Gasteiger partial charge in [0.2, 0.25) is 0 Å². The summed E-state index contributed by atoms with van der Waals surface area (Å²) >= 11 is 1.52. The van der Waals surface area contributed by atoms with E-state index in [1.54, 1.807) is 0 Å². The molecule has 2 fully saturated rings. The highest BCUT2D eigenvalue weighted by Gasteiger charge is 2.40. The van der Waals surface area contributed by atoms with E-state index in [1.165, 1.54) is 80.1 Å². The van der Waals surface area contributed by atoms with Crippen LogP contribution in [-0.2, 0) is 26.8 Å². The van der Waals surface area contributed by atoms with Crippen LogP contribution in [0, 0.1) is 11.3 Å². The van der Waals surface area contributed by atoms with Crippen molar-refractivity contribution in [1.29, 1.82) is 0 Å². The summed E-state index contributed by atoms with van der Waals surface area (Å²) in [6, 6.07) is 7.09. The maximum absolute atomic E-state index is 13.2. The number of hydrogen-bond acceptors (Lipinski definition) is 5. The van der Waals surface area contributed by atoms with Crippen LogP contribution in [0.15, 0.2) is 18.2 Å². The van der Waals surface area contributed by atoms with Gasteiger partial charge in [-0.2, -0.15) is 0 Å². The van der Waals surface area contributed by atoms with Gasteiger partial charge in [-0.1, -0.05) is 65.9 Å². The van der Waals surface area contributed by atoms with Gasteiger partial charge in [-0.25, -0.2) is 4.98 Å². The van der Waals surface area contributed by atoms with Gasteiger partial charge < -0.3 is 10.1 Å². The Morgan fingerprint density at radius 2 is 1.76 bits per heavy atom. The van der Waals surface area contributed by atoms with Crippen LogP contribution in [-0.4, -0.2) is 30.5 Å². The van der Waals surface area contributed by atoms with Crippen LogP contribution in [0.2, 0.25) is 0 Å². The third kappa shape index (κ3) is 6.67. The molecule has 38 heavy (non-hydrogen) atoms. The molecule has 0 spiro atoms. The lowest BCUT2D eigenvalue weighted by molar-refractivity contribution is -0.151. The molecule has 1 aromatic carbocycles. The average molecular weight is 539 g/mol. The average Bonchev–Trinajstić information content (AvgIpc) is 3.49. The van der Waals surface area contributed by atoms with E-state index in [0.717, 1.165) is 17.0 Å². The van der Waals surface area contributed by atoms with E-state index in [9.17, 15) is 9.59 Å². The Balaban J connectivity index is 1.65. The van der Waals surface area contributed by atoms with Crippen LogP contribution < -0.4 is 5.32 Å². The van der Waals surface area contributed by atoms with E-state index in [-0.39, 0.29) is 22.7 Å². The third-order valence-corrected chi connectivity index (χ3v) is 9.78. The zero-order chi connectivity index (χ0) is 27.7. The summed E-state index contributed by atoms with van der Waals surface area (Å²) in [6.45, 7) is 13.3. The zero-order valence-corrected chi connectivity index (χ0v) is 25.3. The van der Waals surface area contributed by atoms with E-state index in [1.807, 2.05) is 13.8 Å². The second-order valence-corrected chi connectivity index (χ2v) is 14.5. The molecule has 2 saturated carbocycles. The minimum absolute atomic E-state index is 0.0386. The van der Waals surface area contributed by atoms with Gasteiger partial charge in [0.15, 0.2) is 5.01 Å². The number of ether oxygens (including phenoxy) is 1. The lowest BCUT2D eigenvalue weighted by Crippen LogP contribution is -2.32. The normalized spacial score (nSPS) is 17.8. The predicted octanol–water partition coefficient (Wildman–Crippen LogP) is 7.60. The first-order valence-corrected chi connectivity index (χ1v) is 15.2. The number of aromatic nitrogens is 1. The molecular weight excluding hydrogens is 492 g/mol. The molecule has 6 heteroatoms. The van der Waals surface area contributed by atoms with E-state index in [4.69, 9.17) is 9.72 Å². The molecule has 0 radical (unpaired) electrons. The second kappa shape index (κ2) is 11.1. The quantitative estimate of drug-likeness (QED) is 0.334. The van der Waals surface area contributed by atoms with Crippen molar-refractivity contribution in [3.8, 4) is 10.4 Å². The molecule has 0 bridgehead atoms. The van der Waals surface area contributed by atoms with Crippen molar-refractivity contribution in [1.82, 2.24) is 10.3 Å². The minimum Gasteiger partial charge on any atom is -0.469 e. The largest absolute Gasteiger partial charge is 0.469 e. The zero-order valence-electron chi connectivity index (χ0n) is 24.5. The molecule has 208 valence electrons. The number of esters is 1. The van der Waals surface area contributed by atoms with Gasteiger partial charge in [-0.05, 0) is 85.1 Å². The predicted molar refractivity (Wildman–Crippen MR) is 156 cm³/mol. The first-order valence-electron chi connectivity index (χ1n) is 14.4. The maximum atomic E-state index is 13.2. The van der Waals surface area contributed by atoms with Crippen LogP contribution in [0.25, 0.3) is 10.4 Å². The summed E-state index contributed by atoms with van der Waals surface area (Å²) < 4.78 is 4.91. The summed E-state index contributed by atoms with van der Waals surface area (Å²) in [5.74, 6) is 0.206. The Bertz CT molecular complexity index is 1140. The molecule has 4 rings (SSSR count). The molecule has 1 aromatic heterocycles. The number of nitrogens with one attached hydrogen (secondary N) is 1. The summed E-state index contributed by atoms with van der Waals surface area (Å²) in [4.78, 5) is 31.4. The molecule has 2 aliphatic carbocycles. The van der Waals surface area contributed by atoms with E-state index >= 15 is 0 Å². The van der Waals surface area contributed by atoms with Crippen molar-refractivity contribution in [2.75, 3.05) is 13.7 Å². The van der Waals surface area contributed by atoms with Gasteiger partial charge in [0.05, 0.1) is 23.1 Å². The number of hydrogen-bond donors (Lipinski definition) is 1. The van der Waals surface area contributed by atoms with Crippen LogP contribution in [0.5, 0.6) is 0 Å². The van der Waals surface area contributed by atoms with Crippen LogP contribution >= 0.6 is 11.3 Å². The number of benzene rings is 1. The number of thiazole rings is 1. The number of nitrogens with zero attached hydrogens (tertiary/aromatic N) is 1. The minimum atomic E-state index is -0.648. The number of carbonyl (C=O) groups excluding carboxylic acids is 2. The molecule has 1 heterocycles. The number of methoxy groups -OCH3 is 1. The van der Waals surface area contributed by atoms with Crippen molar-refractivity contribution >= 4 is 23.2 Å². The van der Waals surface area contributed by atoms with E-state index in [0.29, 0.717) is 23.9 Å². The van der Waals surface area contributed by atoms with Crippen molar-refractivity contribution in [2.24, 2.45) is 11.3 Å². The fraction of sp³-hybridized carbons (Fsp3) is 0.656. The molecule has 0 aliphatic heterocycles. The molecule has 0 saturated heterocycles. The van der Waals surface area contributed by atoms with Crippen LogP contribution in [0.1, 0.15) is 120 Å². The first kappa shape index (κ1) is 28.8. The topological polar surface area (TPSA) is 68.3 Å². The Morgan fingerprint density at radius 3 is 2.37 bits per heavy atom. The lowest BCUT2D eigenvalue weighted by atomic mass is 9.82. The highest BCUT2D eigenvalue weighted by Crippen LogP contribution is 2.50. The van der Waals surface area contributed by atoms with Gasteiger partial charge in [0.25, 0.3) is 5.91 Å². The van der Waals surface area contributed by atoms with Crippen molar-refractivity contribution in [3.63, 3.8) is 0 Å². The Kier molecular flexibility index (Phi) is 8.42. The molecule has 1 amide bonds. The van der Waals surface area contributed by atoms with Gasteiger partial charge in [-0.15, -0.1) is 11.3 Å². The molecule has 2 aromatic rings. The second-order valence-electron chi connectivity index (χ2n) is 13.5. The molecule has 2 aliphatic rings. The summed E-state index contributed by atoms with van der Waals surface area (Å²) in [5, 5.41) is 3.53. The third-order valence-electron chi connectivity index (χ3n) is 8.63. The SMILES string of the molecule is COC(=O)C(C)(C)CCNC(=O)c1nc(CC2CCCCC2)c(-c2cc(C(C)(C)C)cc(C3(C)CC3)c2)s1. The highest BCUT2D eigenvalue weighted by atomic mass is 32.1. The highest BCUT2D eigenvalue weighted by molar-refractivity contribution is 7.17. The molecule has 0 unspecified atom stereocenters. The molecule has 5 nitrogen and oxygen atoms in total. The Hall–Kier alpha value is -2.21.